The molecule has 0 fully saturated rings. The summed E-state index contributed by atoms with van der Waals surface area (Å²) in [4.78, 5) is 31.5. The first-order valence-corrected chi connectivity index (χ1v) is 9.36. The van der Waals surface area contributed by atoms with Crippen LogP contribution in [0.4, 0.5) is 11.4 Å². The Morgan fingerprint density at radius 2 is 1.68 bits per heavy atom. The number of benzene rings is 2. The zero-order valence-electron chi connectivity index (χ0n) is 16.1. The van der Waals surface area contributed by atoms with Gasteiger partial charge in [-0.3, -0.25) is 14.6 Å². The van der Waals surface area contributed by atoms with Gasteiger partial charge in [-0.1, -0.05) is 43.3 Å². The van der Waals surface area contributed by atoms with Crippen molar-refractivity contribution in [1.29, 1.82) is 0 Å². The molecule has 0 spiro atoms. The number of rotatable bonds is 6. The molecule has 0 aliphatic heterocycles. The van der Waals surface area contributed by atoms with Crippen LogP contribution in [0.3, 0.4) is 0 Å². The minimum atomic E-state index is -0.264. The number of amides is 2. The predicted octanol–water partition coefficient (Wildman–Crippen LogP) is 4.56. The number of carbonyl (C=O) groups excluding carboxylic acids is 2. The molecule has 5 nitrogen and oxygen atoms in total. The second-order valence-corrected chi connectivity index (χ2v) is 6.28. The maximum Gasteiger partial charge on any atom is 0.276 e. The Morgan fingerprint density at radius 1 is 0.964 bits per heavy atom. The molecule has 0 unspecified atom stereocenters. The smallest absolute Gasteiger partial charge is 0.276 e. The molecule has 3 rings (SSSR count). The van der Waals surface area contributed by atoms with Crippen molar-refractivity contribution in [2.75, 3.05) is 16.8 Å². The zero-order valence-corrected chi connectivity index (χ0v) is 16.1. The third kappa shape index (κ3) is 4.26. The average molecular weight is 373 g/mol. The lowest BCUT2D eigenvalue weighted by Crippen LogP contribution is -2.31. The van der Waals surface area contributed by atoms with Crippen molar-refractivity contribution in [2.24, 2.45) is 0 Å². The third-order valence-electron chi connectivity index (χ3n) is 4.52. The van der Waals surface area contributed by atoms with Crippen molar-refractivity contribution in [2.45, 2.75) is 20.3 Å². The number of para-hydroxylation sites is 2. The van der Waals surface area contributed by atoms with E-state index >= 15 is 0 Å². The molecule has 28 heavy (non-hydrogen) atoms. The molecule has 2 amide bonds. The number of anilines is 2. The predicted molar refractivity (Wildman–Crippen MR) is 112 cm³/mol. The first-order valence-electron chi connectivity index (χ1n) is 9.36. The third-order valence-corrected chi connectivity index (χ3v) is 4.52. The van der Waals surface area contributed by atoms with Gasteiger partial charge in [0.15, 0.2) is 0 Å². The summed E-state index contributed by atoms with van der Waals surface area (Å²) in [6, 6.07) is 20.3. The lowest BCUT2D eigenvalue weighted by molar-refractivity contribution is 0.0983. The molecule has 0 aliphatic rings. The summed E-state index contributed by atoms with van der Waals surface area (Å²) >= 11 is 0. The van der Waals surface area contributed by atoms with Crippen LogP contribution in [0.1, 0.15) is 40.3 Å². The van der Waals surface area contributed by atoms with Crippen molar-refractivity contribution >= 4 is 23.2 Å². The van der Waals surface area contributed by atoms with E-state index in [1.165, 1.54) is 12.3 Å². The summed E-state index contributed by atoms with van der Waals surface area (Å²) in [5.41, 5.74) is 3.26. The van der Waals surface area contributed by atoms with Gasteiger partial charge in [0.2, 0.25) is 0 Å². The fraction of sp³-hybridized carbons (Fsp3) is 0.174. The SMILES string of the molecule is CCc1ccccc1NC(=O)c1ccnc(C(=O)N(CC)c2ccccc2)c1. The molecule has 0 radical (unpaired) electrons. The molecule has 0 saturated carbocycles. The van der Waals surface area contributed by atoms with Crippen LogP contribution >= 0.6 is 0 Å². The summed E-state index contributed by atoms with van der Waals surface area (Å²) in [6.45, 7) is 4.45. The van der Waals surface area contributed by atoms with Crippen LogP contribution in [0.15, 0.2) is 72.9 Å². The highest BCUT2D eigenvalue weighted by Crippen LogP contribution is 2.18. The van der Waals surface area contributed by atoms with E-state index in [0.29, 0.717) is 12.1 Å². The maximum atomic E-state index is 12.9. The minimum absolute atomic E-state index is 0.238. The number of hydrogen-bond donors (Lipinski definition) is 1. The van der Waals surface area contributed by atoms with Gasteiger partial charge in [0.1, 0.15) is 5.69 Å². The monoisotopic (exact) mass is 373 g/mol. The summed E-state index contributed by atoms with van der Waals surface area (Å²) in [5.74, 6) is -0.502. The van der Waals surface area contributed by atoms with Gasteiger partial charge in [0.05, 0.1) is 0 Å². The Morgan fingerprint density at radius 3 is 2.39 bits per heavy atom. The van der Waals surface area contributed by atoms with Gasteiger partial charge >= 0.3 is 0 Å². The van der Waals surface area contributed by atoms with Crippen molar-refractivity contribution in [3.05, 3.63) is 89.7 Å². The Bertz CT molecular complexity index is 970. The van der Waals surface area contributed by atoms with Gasteiger partial charge in [-0.05, 0) is 49.2 Å². The second kappa shape index (κ2) is 8.95. The molecule has 0 aliphatic carbocycles. The largest absolute Gasteiger partial charge is 0.322 e. The maximum absolute atomic E-state index is 12.9. The van der Waals surface area contributed by atoms with Crippen LogP contribution < -0.4 is 10.2 Å². The Balaban J connectivity index is 1.83. The first-order chi connectivity index (χ1) is 13.6. The molecule has 1 aromatic heterocycles. The summed E-state index contributed by atoms with van der Waals surface area (Å²) < 4.78 is 0. The van der Waals surface area contributed by atoms with E-state index in [4.69, 9.17) is 0 Å². The van der Waals surface area contributed by atoms with E-state index in [2.05, 4.69) is 10.3 Å². The van der Waals surface area contributed by atoms with Gasteiger partial charge < -0.3 is 10.2 Å². The van der Waals surface area contributed by atoms with Crippen LogP contribution in [0.2, 0.25) is 0 Å². The summed E-state index contributed by atoms with van der Waals surface area (Å²) in [7, 11) is 0. The lowest BCUT2D eigenvalue weighted by Gasteiger charge is -2.20. The molecule has 2 aromatic carbocycles. The highest BCUT2D eigenvalue weighted by atomic mass is 16.2. The van der Waals surface area contributed by atoms with E-state index in [0.717, 1.165) is 23.4 Å². The summed E-state index contributed by atoms with van der Waals surface area (Å²) in [6.07, 6.45) is 2.31. The van der Waals surface area contributed by atoms with Gasteiger partial charge in [-0.15, -0.1) is 0 Å². The fourth-order valence-electron chi connectivity index (χ4n) is 3.02. The van der Waals surface area contributed by atoms with Gasteiger partial charge in [-0.25, -0.2) is 0 Å². The van der Waals surface area contributed by atoms with Crippen molar-refractivity contribution < 1.29 is 9.59 Å². The number of hydrogen-bond acceptors (Lipinski definition) is 3. The topological polar surface area (TPSA) is 62.3 Å². The van der Waals surface area contributed by atoms with Gasteiger partial charge in [0, 0.05) is 29.7 Å². The van der Waals surface area contributed by atoms with Gasteiger partial charge in [-0.2, -0.15) is 0 Å². The summed E-state index contributed by atoms with van der Waals surface area (Å²) in [5, 5.41) is 2.93. The zero-order chi connectivity index (χ0) is 19.9. The lowest BCUT2D eigenvalue weighted by atomic mass is 10.1. The second-order valence-electron chi connectivity index (χ2n) is 6.28. The molecule has 1 N–H and O–H groups in total. The van der Waals surface area contributed by atoms with E-state index in [9.17, 15) is 9.59 Å². The van der Waals surface area contributed by atoms with E-state index in [1.807, 2.05) is 68.4 Å². The number of pyridine rings is 1. The Hall–Kier alpha value is -3.47. The van der Waals surface area contributed by atoms with E-state index in [-0.39, 0.29) is 17.5 Å². The molecule has 142 valence electrons. The number of carbonyl (C=O) groups is 2. The normalized spacial score (nSPS) is 10.4. The molecule has 0 atom stereocenters. The van der Waals surface area contributed by atoms with Crippen LogP contribution in [0.5, 0.6) is 0 Å². The van der Waals surface area contributed by atoms with Crippen molar-refractivity contribution in [3.8, 4) is 0 Å². The molecule has 1 heterocycles. The van der Waals surface area contributed by atoms with Crippen LogP contribution in [-0.4, -0.2) is 23.3 Å². The Labute approximate surface area is 165 Å². The molecule has 5 heteroatoms. The molecule has 0 bridgehead atoms. The van der Waals surface area contributed by atoms with Crippen molar-refractivity contribution in [3.63, 3.8) is 0 Å². The highest BCUT2D eigenvalue weighted by Gasteiger charge is 2.19. The van der Waals surface area contributed by atoms with E-state index in [1.54, 1.807) is 11.0 Å². The number of aryl methyl sites for hydroxylation is 1. The van der Waals surface area contributed by atoms with Gasteiger partial charge in [0.25, 0.3) is 11.8 Å². The quantitative estimate of drug-likeness (QED) is 0.689. The molecular weight excluding hydrogens is 350 g/mol. The number of nitrogens with one attached hydrogen (secondary N) is 1. The van der Waals surface area contributed by atoms with E-state index < -0.39 is 0 Å². The first kappa shape index (κ1) is 19.3. The average Bonchev–Trinajstić information content (AvgIpc) is 2.75. The number of aromatic nitrogens is 1. The molecule has 0 saturated heterocycles. The number of nitrogens with zero attached hydrogens (tertiary/aromatic N) is 2. The van der Waals surface area contributed by atoms with Crippen LogP contribution in [0, 0.1) is 0 Å². The standard InChI is InChI=1S/C23H23N3O2/c1-3-17-10-8-9-13-20(17)25-22(27)18-14-15-24-21(16-18)23(28)26(4-2)19-11-6-5-7-12-19/h5-16H,3-4H2,1-2H3,(H,25,27). The highest BCUT2D eigenvalue weighted by molar-refractivity contribution is 6.08. The molecular formula is C23H23N3O2. The van der Waals surface area contributed by atoms with Crippen molar-refractivity contribution in [1.82, 2.24) is 4.98 Å². The fourth-order valence-corrected chi connectivity index (χ4v) is 3.02. The molecule has 3 aromatic rings. The Kier molecular flexibility index (Phi) is 6.17. The van der Waals surface area contributed by atoms with Crippen LogP contribution in [0.25, 0.3) is 0 Å². The van der Waals surface area contributed by atoms with Crippen LogP contribution in [-0.2, 0) is 6.42 Å². The minimum Gasteiger partial charge on any atom is -0.322 e.